The van der Waals surface area contributed by atoms with Crippen LogP contribution >= 0.6 is 34.7 Å². The lowest BCUT2D eigenvalue weighted by Gasteiger charge is -2.07. The highest BCUT2D eigenvalue weighted by atomic mass is 35.5. The summed E-state index contributed by atoms with van der Waals surface area (Å²) in [5, 5.41) is 19.1. The second-order valence-corrected chi connectivity index (χ2v) is 7.74. The molecular weight excluding hydrogens is 380 g/mol. The van der Waals surface area contributed by atoms with Crippen molar-refractivity contribution in [3.63, 3.8) is 0 Å². The van der Waals surface area contributed by atoms with E-state index in [4.69, 9.17) is 16.1 Å². The molecule has 7 nitrogen and oxygen atoms in total. The quantitative estimate of drug-likeness (QED) is 0.470. The zero-order valence-corrected chi connectivity index (χ0v) is 15.3. The molecule has 1 unspecified atom stereocenters. The number of benzene rings is 1. The average molecular weight is 391 g/mol. The van der Waals surface area contributed by atoms with E-state index in [0.717, 1.165) is 10.6 Å². The monoisotopic (exact) mass is 390 g/mol. The normalized spacial score (nSPS) is 12.4. The molecule has 0 spiro atoms. The smallest absolute Gasteiger partial charge is 0.240 e. The maximum atomic E-state index is 5.93. The highest BCUT2D eigenvalue weighted by Crippen LogP contribution is 2.34. The molecule has 0 aliphatic carbocycles. The summed E-state index contributed by atoms with van der Waals surface area (Å²) < 4.78 is 7.04. The second-order valence-electron chi connectivity index (χ2n) is 5.04. The molecule has 0 fully saturated rings. The van der Waals surface area contributed by atoms with E-state index in [1.165, 1.54) is 11.8 Å². The van der Waals surface area contributed by atoms with E-state index in [0.29, 0.717) is 21.9 Å². The van der Waals surface area contributed by atoms with Crippen molar-refractivity contribution in [1.29, 1.82) is 0 Å². The van der Waals surface area contributed by atoms with Gasteiger partial charge in [-0.25, -0.2) is 0 Å². The van der Waals surface area contributed by atoms with Crippen molar-refractivity contribution < 1.29 is 4.52 Å². The molecule has 0 radical (unpaired) electrons. The Morgan fingerprint density at radius 2 is 2.08 bits per heavy atom. The van der Waals surface area contributed by atoms with Crippen LogP contribution in [0.15, 0.2) is 51.5 Å². The number of aromatic nitrogens is 6. The average Bonchev–Trinajstić information content (AvgIpc) is 3.36. The second kappa shape index (κ2) is 6.95. The molecule has 4 rings (SSSR count). The molecule has 25 heavy (non-hydrogen) atoms. The Balaban J connectivity index is 1.55. The van der Waals surface area contributed by atoms with Gasteiger partial charge in [0.2, 0.25) is 16.9 Å². The van der Waals surface area contributed by atoms with E-state index < -0.39 is 0 Å². The fourth-order valence-corrected chi connectivity index (χ4v) is 3.72. The molecule has 1 atom stereocenters. The standard InChI is InChI=1S/C15H11ClN6OS2/c1-9(14-17-13(19-23-14)12-3-2-8-24-12)25-15-18-20-21-22(15)11-6-4-10(16)5-7-11/h2-9H,1H3. The van der Waals surface area contributed by atoms with Crippen molar-refractivity contribution in [3.05, 3.63) is 52.7 Å². The maximum Gasteiger partial charge on any atom is 0.240 e. The Labute approximate surface area is 156 Å². The van der Waals surface area contributed by atoms with E-state index in [1.54, 1.807) is 28.2 Å². The van der Waals surface area contributed by atoms with Crippen LogP contribution in [0, 0.1) is 0 Å². The highest BCUT2D eigenvalue weighted by Gasteiger charge is 2.20. The van der Waals surface area contributed by atoms with Gasteiger partial charge in [-0.2, -0.15) is 9.67 Å². The van der Waals surface area contributed by atoms with Crippen LogP contribution in [0.25, 0.3) is 16.4 Å². The largest absolute Gasteiger partial charge is 0.338 e. The number of hydrogen-bond donors (Lipinski definition) is 0. The minimum atomic E-state index is -0.0988. The fourth-order valence-electron chi connectivity index (χ4n) is 2.11. The fraction of sp³-hybridized carbons (Fsp3) is 0.133. The first kappa shape index (κ1) is 16.2. The van der Waals surface area contributed by atoms with Gasteiger partial charge in [-0.1, -0.05) is 34.6 Å². The Morgan fingerprint density at radius 1 is 1.24 bits per heavy atom. The summed E-state index contributed by atoms with van der Waals surface area (Å²) in [6.45, 7) is 1.97. The van der Waals surface area contributed by atoms with Gasteiger partial charge in [-0.15, -0.1) is 16.4 Å². The van der Waals surface area contributed by atoms with Gasteiger partial charge in [0, 0.05) is 5.02 Å². The molecule has 10 heteroatoms. The van der Waals surface area contributed by atoms with Crippen LogP contribution in [-0.2, 0) is 0 Å². The predicted octanol–water partition coefficient (Wildman–Crippen LogP) is 4.28. The SMILES string of the molecule is CC(Sc1nnnn1-c1ccc(Cl)cc1)c1nc(-c2cccs2)no1. The van der Waals surface area contributed by atoms with Crippen LogP contribution in [0.1, 0.15) is 18.1 Å². The molecule has 126 valence electrons. The van der Waals surface area contributed by atoms with Crippen molar-refractivity contribution in [2.75, 3.05) is 0 Å². The number of hydrogen-bond acceptors (Lipinski definition) is 8. The van der Waals surface area contributed by atoms with Crippen molar-refractivity contribution in [1.82, 2.24) is 30.3 Å². The molecule has 0 saturated carbocycles. The van der Waals surface area contributed by atoms with Gasteiger partial charge in [-0.3, -0.25) is 0 Å². The van der Waals surface area contributed by atoms with E-state index in [-0.39, 0.29) is 5.25 Å². The number of tetrazole rings is 1. The highest BCUT2D eigenvalue weighted by molar-refractivity contribution is 7.99. The summed E-state index contributed by atoms with van der Waals surface area (Å²) in [5.74, 6) is 1.12. The van der Waals surface area contributed by atoms with Gasteiger partial charge in [0.05, 0.1) is 15.8 Å². The van der Waals surface area contributed by atoms with Crippen LogP contribution < -0.4 is 0 Å². The molecule has 4 aromatic rings. The van der Waals surface area contributed by atoms with Crippen LogP contribution in [0.4, 0.5) is 0 Å². The van der Waals surface area contributed by atoms with Crippen molar-refractivity contribution in [2.24, 2.45) is 0 Å². The summed E-state index contributed by atoms with van der Waals surface area (Å²) in [7, 11) is 0. The van der Waals surface area contributed by atoms with Gasteiger partial charge < -0.3 is 4.52 Å². The van der Waals surface area contributed by atoms with Crippen molar-refractivity contribution in [3.8, 4) is 16.4 Å². The summed E-state index contributed by atoms with van der Waals surface area (Å²) in [5.41, 5.74) is 0.828. The number of thioether (sulfide) groups is 1. The zero-order chi connectivity index (χ0) is 17.2. The molecule has 0 N–H and O–H groups in total. The first-order valence-corrected chi connectivity index (χ1v) is 9.43. The third-order valence-corrected chi connectivity index (χ3v) is 5.46. The van der Waals surface area contributed by atoms with Crippen molar-refractivity contribution >= 4 is 34.7 Å². The Hall–Kier alpha value is -2.23. The van der Waals surface area contributed by atoms with Gasteiger partial charge >= 0.3 is 0 Å². The third kappa shape index (κ3) is 3.44. The van der Waals surface area contributed by atoms with E-state index in [2.05, 4.69) is 25.7 Å². The van der Waals surface area contributed by atoms with Gasteiger partial charge in [0.25, 0.3) is 0 Å². The van der Waals surface area contributed by atoms with E-state index in [1.807, 2.05) is 36.6 Å². The lowest BCUT2D eigenvalue weighted by Crippen LogP contribution is -2.00. The molecular formula is C15H11ClN6OS2. The van der Waals surface area contributed by atoms with Gasteiger partial charge in [-0.05, 0) is 53.1 Å². The minimum absolute atomic E-state index is 0.0988. The lowest BCUT2D eigenvalue weighted by atomic mass is 10.3. The van der Waals surface area contributed by atoms with Crippen molar-refractivity contribution in [2.45, 2.75) is 17.3 Å². The van der Waals surface area contributed by atoms with Crippen LogP contribution in [0.3, 0.4) is 0 Å². The minimum Gasteiger partial charge on any atom is -0.338 e. The van der Waals surface area contributed by atoms with Crippen LogP contribution in [-0.4, -0.2) is 30.3 Å². The topological polar surface area (TPSA) is 82.5 Å². The molecule has 0 aliphatic heterocycles. The Morgan fingerprint density at radius 3 is 2.84 bits per heavy atom. The summed E-state index contributed by atoms with van der Waals surface area (Å²) in [6.07, 6.45) is 0. The number of halogens is 1. The molecule has 1 aromatic carbocycles. The third-order valence-electron chi connectivity index (χ3n) is 3.33. The first-order valence-electron chi connectivity index (χ1n) is 7.29. The van der Waals surface area contributed by atoms with Crippen LogP contribution in [0.5, 0.6) is 0 Å². The Bertz CT molecular complexity index is 966. The number of thiophene rings is 1. The summed E-state index contributed by atoms with van der Waals surface area (Å²) in [6, 6.07) is 11.2. The van der Waals surface area contributed by atoms with E-state index in [9.17, 15) is 0 Å². The zero-order valence-electron chi connectivity index (χ0n) is 12.9. The summed E-state index contributed by atoms with van der Waals surface area (Å²) in [4.78, 5) is 5.43. The van der Waals surface area contributed by atoms with E-state index >= 15 is 0 Å². The summed E-state index contributed by atoms with van der Waals surface area (Å²) >= 11 is 8.94. The first-order chi connectivity index (χ1) is 12.2. The maximum absolute atomic E-state index is 5.93. The molecule has 0 amide bonds. The predicted molar refractivity (Wildman–Crippen MR) is 96.0 cm³/mol. The molecule has 3 aromatic heterocycles. The van der Waals surface area contributed by atoms with Crippen LogP contribution in [0.2, 0.25) is 5.02 Å². The van der Waals surface area contributed by atoms with Gasteiger partial charge in [0.1, 0.15) is 0 Å². The molecule has 0 aliphatic rings. The molecule has 3 heterocycles. The molecule has 0 bridgehead atoms. The molecule has 0 saturated heterocycles. The van der Waals surface area contributed by atoms with Gasteiger partial charge in [0.15, 0.2) is 0 Å². The number of nitrogens with zero attached hydrogens (tertiary/aromatic N) is 6. The lowest BCUT2D eigenvalue weighted by molar-refractivity contribution is 0.380. The Kier molecular flexibility index (Phi) is 4.51. The number of rotatable bonds is 5.